The minimum Gasteiger partial charge on any atom is -0.469 e. The molecule has 0 bridgehead atoms. The summed E-state index contributed by atoms with van der Waals surface area (Å²) in [4.78, 5) is 21.9. The second-order valence-corrected chi connectivity index (χ2v) is 8.34. The Morgan fingerprint density at radius 1 is 1.14 bits per heavy atom. The third-order valence-electron chi connectivity index (χ3n) is 6.65. The molecule has 3 fully saturated rings. The number of guanidine groups is 1. The summed E-state index contributed by atoms with van der Waals surface area (Å²) >= 11 is 0. The van der Waals surface area contributed by atoms with E-state index in [9.17, 15) is 4.79 Å². The van der Waals surface area contributed by atoms with Gasteiger partial charge >= 0.3 is 5.97 Å². The number of halogens is 1. The van der Waals surface area contributed by atoms with Gasteiger partial charge in [-0.25, -0.2) is 0 Å². The number of aliphatic imine (C=N–C) groups is 1. The Kier molecular flexibility index (Phi) is 10.5. The minimum atomic E-state index is -0.0740. The summed E-state index contributed by atoms with van der Waals surface area (Å²) in [5.74, 6) is 0.959. The Bertz CT molecular complexity index is 526. The topological polar surface area (TPSA) is 66.4 Å². The first-order chi connectivity index (χ1) is 13.7. The van der Waals surface area contributed by atoms with Crippen LogP contribution in [0.4, 0.5) is 0 Å². The molecule has 29 heavy (non-hydrogen) atoms. The van der Waals surface area contributed by atoms with Crippen molar-refractivity contribution in [2.45, 2.75) is 57.4 Å². The number of rotatable bonds is 5. The van der Waals surface area contributed by atoms with E-state index in [1.165, 1.54) is 39.2 Å². The highest BCUT2D eigenvalue weighted by Crippen LogP contribution is 2.34. The molecule has 0 aromatic rings. The van der Waals surface area contributed by atoms with Gasteiger partial charge < -0.3 is 19.7 Å². The number of methoxy groups -OCH3 is 1. The largest absolute Gasteiger partial charge is 0.469 e. The fourth-order valence-corrected chi connectivity index (χ4v) is 4.96. The summed E-state index contributed by atoms with van der Waals surface area (Å²) in [5, 5.41) is 3.49. The molecule has 1 aliphatic carbocycles. The third kappa shape index (κ3) is 6.43. The van der Waals surface area contributed by atoms with E-state index in [2.05, 4.69) is 22.0 Å². The molecule has 2 heterocycles. The molecule has 0 unspecified atom stereocenters. The molecule has 0 spiro atoms. The zero-order valence-corrected chi connectivity index (χ0v) is 20.5. The van der Waals surface area contributed by atoms with Crippen molar-refractivity contribution in [3.8, 4) is 0 Å². The zero-order valence-electron chi connectivity index (χ0n) is 18.2. The van der Waals surface area contributed by atoms with E-state index in [-0.39, 0.29) is 41.4 Å². The van der Waals surface area contributed by atoms with Crippen LogP contribution < -0.4 is 5.32 Å². The van der Waals surface area contributed by atoms with Crippen LogP contribution in [-0.2, 0) is 14.3 Å². The molecule has 0 atom stereocenters. The van der Waals surface area contributed by atoms with E-state index < -0.39 is 0 Å². The monoisotopic (exact) mass is 522 g/mol. The van der Waals surface area contributed by atoms with Crippen LogP contribution in [0.5, 0.6) is 0 Å². The van der Waals surface area contributed by atoms with Crippen molar-refractivity contribution in [2.24, 2.45) is 10.9 Å². The van der Waals surface area contributed by atoms with Crippen LogP contribution in [0.3, 0.4) is 0 Å². The lowest BCUT2D eigenvalue weighted by Crippen LogP contribution is -2.57. The van der Waals surface area contributed by atoms with E-state index >= 15 is 0 Å². The molecule has 0 aromatic carbocycles. The van der Waals surface area contributed by atoms with Crippen LogP contribution in [-0.4, -0.2) is 86.9 Å². The predicted octanol–water partition coefficient (Wildman–Crippen LogP) is 2.49. The average Bonchev–Trinajstić information content (AvgIpc) is 2.77. The number of hydrogen-bond donors (Lipinski definition) is 1. The van der Waals surface area contributed by atoms with E-state index in [0.717, 1.165) is 71.3 Å². The summed E-state index contributed by atoms with van der Waals surface area (Å²) < 4.78 is 10.5. The molecule has 2 aliphatic heterocycles. The first kappa shape index (κ1) is 24.7. The van der Waals surface area contributed by atoms with Crippen LogP contribution >= 0.6 is 24.0 Å². The SMILES string of the molecule is CCNC(=NCC1(N2CCOCC2)CCCCC1)N1CCC(C(=O)OC)CC1.I. The van der Waals surface area contributed by atoms with Crippen molar-refractivity contribution < 1.29 is 14.3 Å². The summed E-state index contributed by atoms with van der Waals surface area (Å²) in [6, 6.07) is 0. The summed E-state index contributed by atoms with van der Waals surface area (Å²) in [6.07, 6.45) is 8.09. The van der Waals surface area contributed by atoms with Gasteiger partial charge in [-0.05, 0) is 32.6 Å². The van der Waals surface area contributed by atoms with Crippen LogP contribution in [0.2, 0.25) is 0 Å². The number of nitrogens with one attached hydrogen (secondary N) is 1. The lowest BCUT2D eigenvalue weighted by atomic mass is 9.80. The second-order valence-electron chi connectivity index (χ2n) is 8.34. The van der Waals surface area contributed by atoms with Crippen LogP contribution in [0.25, 0.3) is 0 Å². The number of ether oxygens (including phenoxy) is 2. The molecular formula is C21H39IN4O3. The smallest absolute Gasteiger partial charge is 0.308 e. The van der Waals surface area contributed by atoms with Crippen molar-refractivity contribution in [3.05, 3.63) is 0 Å². The number of morpholine rings is 1. The molecule has 0 amide bonds. The quantitative estimate of drug-likeness (QED) is 0.259. The highest BCUT2D eigenvalue weighted by Gasteiger charge is 2.39. The molecule has 3 rings (SSSR count). The van der Waals surface area contributed by atoms with Crippen molar-refractivity contribution in [2.75, 3.05) is 59.6 Å². The lowest BCUT2D eigenvalue weighted by molar-refractivity contribution is -0.146. The summed E-state index contributed by atoms with van der Waals surface area (Å²) in [6.45, 7) is 9.28. The van der Waals surface area contributed by atoms with Gasteiger partial charge in [-0.1, -0.05) is 19.3 Å². The molecule has 0 radical (unpaired) electrons. The van der Waals surface area contributed by atoms with Crippen molar-refractivity contribution in [1.82, 2.24) is 15.1 Å². The maximum absolute atomic E-state index is 11.8. The number of piperidine rings is 1. The minimum absolute atomic E-state index is 0. The number of esters is 1. The number of carbonyl (C=O) groups is 1. The molecule has 168 valence electrons. The van der Waals surface area contributed by atoms with Crippen molar-refractivity contribution >= 4 is 35.9 Å². The molecule has 2 saturated heterocycles. The Morgan fingerprint density at radius 3 is 2.38 bits per heavy atom. The second kappa shape index (κ2) is 12.3. The van der Waals surface area contributed by atoms with Gasteiger partial charge in [0.2, 0.25) is 0 Å². The van der Waals surface area contributed by atoms with Gasteiger partial charge in [-0.2, -0.15) is 0 Å². The van der Waals surface area contributed by atoms with E-state index in [1.54, 1.807) is 0 Å². The average molecular weight is 522 g/mol. The van der Waals surface area contributed by atoms with Gasteiger partial charge in [-0.15, -0.1) is 24.0 Å². The van der Waals surface area contributed by atoms with Crippen LogP contribution in [0.1, 0.15) is 51.9 Å². The van der Waals surface area contributed by atoms with Crippen molar-refractivity contribution in [1.29, 1.82) is 0 Å². The molecule has 7 nitrogen and oxygen atoms in total. The van der Waals surface area contributed by atoms with E-state index in [0.29, 0.717) is 0 Å². The third-order valence-corrected chi connectivity index (χ3v) is 6.65. The molecule has 8 heteroatoms. The highest BCUT2D eigenvalue weighted by molar-refractivity contribution is 14.0. The Labute approximate surface area is 193 Å². The summed E-state index contributed by atoms with van der Waals surface area (Å²) in [7, 11) is 1.48. The van der Waals surface area contributed by atoms with Gasteiger partial charge in [0.05, 0.1) is 32.8 Å². The molecule has 1 N–H and O–H groups in total. The van der Waals surface area contributed by atoms with E-state index in [4.69, 9.17) is 14.5 Å². The molecule has 1 saturated carbocycles. The van der Waals surface area contributed by atoms with E-state index in [1.807, 2.05) is 0 Å². The number of hydrogen-bond acceptors (Lipinski definition) is 5. The van der Waals surface area contributed by atoms with Gasteiger partial charge in [-0.3, -0.25) is 14.7 Å². The first-order valence-corrected chi connectivity index (χ1v) is 11.1. The van der Waals surface area contributed by atoms with Gasteiger partial charge in [0, 0.05) is 38.3 Å². The van der Waals surface area contributed by atoms with Crippen molar-refractivity contribution in [3.63, 3.8) is 0 Å². The normalized spacial score (nSPS) is 23.9. The predicted molar refractivity (Wildman–Crippen MR) is 126 cm³/mol. The fraction of sp³-hybridized carbons (Fsp3) is 0.905. The summed E-state index contributed by atoms with van der Waals surface area (Å²) in [5.41, 5.74) is 0.188. The van der Waals surface area contributed by atoms with Crippen LogP contribution in [0.15, 0.2) is 4.99 Å². The zero-order chi connectivity index (χ0) is 19.8. The van der Waals surface area contributed by atoms with Gasteiger partial charge in [0.15, 0.2) is 5.96 Å². The Hall–Kier alpha value is -0.610. The number of carbonyl (C=O) groups excluding carboxylic acids is 1. The van der Waals surface area contributed by atoms with Gasteiger partial charge in [0.1, 0.15) is 0 Å². The molecule has 0 aromatic heterocycles. The highest BCUT2D eigenvalue weighted by atomic mass is 127. The maximum Gasteiger partial charge on any atom is 0.308 e. The maximum atomic E-state index is 11.8. The number of likely N-dealkylation sites (tertiary alicyclic amines) is 1. The number of nitrogens with zero attached hydrogens (tertiary/aromatic N) is 3. The Balaban J connectivity index is 0.00000300. The molecule has 3 aliphatic rings. The standard InChI is InChI=1S/C21H38N4O3.HI/c1-3-22-20(24-11-7-18(8-12-24)19(26)27-2)23-17-21(9-5-4-6-10-21)25-13-15-28-16-14-25;/h18H,3-17H2,1-2H3,(H,22,23);1H. The first-order valence-electron chi connectivity index (χ1n) is 11.1. The molecular weight excluding hydrogens is 483 g/mol. The fourth-order valence-electron chi connectivity index (χ4n) is 4.96. The Morgan fingerprint density at radius 2 is 1.79 bits per heavy atom. The lowest BCUT2D eigenvalue weighted by Gasteiger charge is -2.47. The van der Waals surface area contributed by atoms with Gasteiger partial charge in [0.25, 0.3) is 0 Å². The van der Waals surface area contributed by atoms with Crippen LogP contribution in [0, 0.1) is 5.92 Å².